The third-order valence-electron chi connectivity index (χ3n) is 2.36. The molecule has 0 fully saturated rings. The molecule has 0 radical (unpaired) electrons. The molecular weight excluding hydrogens is 279 g/mol. The third kappa shape index (κ3) is 6.38. The fourth-order valence-corrected chi connectivity index (χ4v) is 1.33. The minimum absolute atomic E-state index is 0.184. The van der Waals surface area contributed by atoms with Crippen LogP contribution in [0.2, 0.25) is 0 Å². The lowest BCUT2D eigenvalue weighted by atomic mass is 10.3. The van der Waals surface area contributed by atoms with Crippen molar-refractivity contribution in [1.29, 1.82) is 5.26 Å². The number of carbonyl (C=O) groups excluding carboxylic acids is 2. The normalized spacial score (nSPS) is 11.1. The van der Waals surface area contributed by atoms with Crippen LogP contribution < -0.4 is 10.1 Å². The second-order valence-corrected chi connectivity index (χ2v) is 4.08. The zero-order chi connectivity index (χ0) is 15.7. The van der Waals surface area contributed by atoms with Gasteiger partial charge >= 0.3 is 5.97 Å². The van der Waals surface area contributed by atoms with Crippen LogP contribution in [0.5, 0.6) is 5.75 Å². The van der Waals surface area contributed by atoms with Gasteiger partial charge in [-0.3, -0.25) is 4.79 Å². The highest BCUT2D eigenvalue weighted by atomic mass is 19.1. The Morgan fingerprint density at radius 2 is 2.05 bits per heavy atom. The lowest BCUT2D eigenvalue weighted by Gasteiger charge is -2.13. The molecule has 21 heavy (non-hydrogen) atoms. The quantitative estimate of drug-likeness (QED) is 0.602. The molecule has 6 nitrogen and oxygen atoms in total. The first-order valence-corrected chi connectivity index (χ1v) is 6.25. The molecule has 1 amide bonds. The molecular formula is C14H15FN2O4. The SMILES string of the molecule is C[C@H](Oc1ccc(F)cc1)C(=O)OCC(=O)NCCC#N. The Balaban J connectivity index is 2.32. The summed E-state index contributed by atoms with van der Waals surface area (Å²) in [5.41, 5.74) is 0. The number of halogens is 1. The predicted octanol–water partition coefficient (Wildman–Crippen LogP) is 1.17. The predicted molar refractivity (Wildman–Crippen MR) is 70.7 cm³/mol. The Bertz CT molecular complexity index is 525. The average molecular weight is 294 g/mol. The van der Waals surface area contributed by atoms with Gasteiger partial charge in [0.25, 0.3) is 5.91 Å². The van der Waals surface area contributed by atoms with Gasteiger partial charge in [-0.25, -0.2) is 9.18 Å². The first kappa shape index (κ1) is 16.4. The van der Waals surface area contributed by atoms with Gasteiger partial charge in [-0.1, -0.05) is 0 Å². The Hall–Kier alpha value is -2.62. The van der Waals surface area contributed by atoms with Gasteiger partial charge in [-0.15, -0.1) is 0 Å². The van der Waals surface area contributed by atoms with E-state index in [2.05, 4.69) is 5.32 Å². The van der Waals surface area contributed by atoms with E-state index in [0.717, 1.165) is 0 Å². The fourth-order valence-electron chi connectivity index (χ4n) is 1.33. The Labute approximate surface area is 121 Å². The van der Waals surface area contributed by atoms with E-state index in [0.29, 0.717) is 5.75 Å². The van der Waals surface area contributed by atoms with Crippen LogP contribution in [0.3, 0.4) is 0 Å². The van der Waals surface area contributed by atoms with Crippen molar-refractivity contribution >= 4 is 11.9 Å². The van der Waals surface area contributed by atoms with Gasteiger partial charge in [0.05, 0.1) is 12.5 Å². The van der Waals surface area contributed by atoms with Crippen molar-refractivity contribution in [3.05, 3.63) is 30.1 Å². The number of rotatable bonds is 7. The summed E-state index contributed by atoms with van der Waals surface area (Å²) in [7, 11) is 0. The molecule has 0 aliphatic heterocycles. The molecule has 0 aliphatic carbocycles. The molecule has 112 valence electrons. The molecule has 7 heteroatoms. The summed E-state index contributed by atoms with van der Waals surface area (Å²) in [5.74, 6) is -1.30. The number of benzene rings is 1. The summed E-state index contributed by atoms with van der Waals surface area (Å²) in [6.07, 6.45) is -0.744. The molecule has 0 heterocycles. The van der Waals surface area contributed by atoms with E-state index in [-0.39, 0.29) is 13.0 Å². The van der Waals surface area contributed by atoms with Crippen molar-refractivity contribution in [3.8, 4) is 11.8 Å². The van der Waals surface area contributed by atoms with Gasteiger partial charge in [0, 0.05) is 6.54 Å². The van der Waals surface area contributed by atoms with Crippen LogP contribution in [-0.4, -0.2) is 31.1 Å². The third-order valence-corrected chi connectivity index (χ3v) is 2.36. The van der Waals surface area contributed by atoms with Crippen molar-refractivity contribution in [2.75, 3.05) is 13.2 Å². The van der Waals surface area contributed by atoms with Crippen molar-refractivity contribution < 1.29 is 23.5 Å². The summed E-state index contributed by atoms with van der Waals surface area (Å²) < 4.78 is 22.7. The molecule has 1 N–H and O–H groups in total. The monoisotopic (exact) mass is 294 g/mol. The summed E-state index contributed by atoms with van der Waals surface area (Å²) >= 11 is 0. The molecule has 0 aromatic heterocycles. The standard InChI is InChI=1S/C14H15FN2O4/c1-10(21-12-5-3-11(15)4-6-12)14(19)20-9-13(18)17-8-2-7-16/h3-6,10H,2,8-9H2,1H3,(H,17,18)/t10-/m0/s1. The first-order chi connectivity index (χ1) is 10.0. The zero-order valence-electron chi connectivity index (χ0n) is 11.5. The maximum absolute atomic E-state index is 12.7. The minimum atomic E-state index is -0.928. The van der Waals surface area contributed by atoms with E-state index in [1.807, 2.05) is 6.07 Å². The summed E-state index contributed by atoms with van der Waals surface area (Å²) in [5, 5.41) is 10.7. The van der Waals surface area contributed by atoms with Crippen LogP contribution >= 0.6 is 0 Å². The second-order valence-electron chi connectivity index (χ2n) is 4.08. The number of hydrogen-bond donors (Lipinski definition) is 1. The van der Waals surface area contributed by atoms with Gasteiger partial charge in [0.2, 0.25) is 0 Å². The maximum atomic E-state index is 12.7. The molecule has 0 saturated carbocycles. The molecule has 0 bridgehead atoms. The van der Waals surface area contributed by atoms with Crippen molar-refractivity contribution in [1.82, 2.24) is 5.32 Å². The molecule has 0 spiro atoms. The number of ether oxygens (including phenoxy) is 2. The first-order valence-electron chi connectivity index (χ1n) is 6.25. The van der Waals surface area contributed by atoms with E-state index >= 15 is 0 Å². The number of nitriles is 1. The number of amides is 1. The zero-order valence-corrected chi connectivity index (χ0v) is 11.5. The second kappa shape index (κ2) is 8.53. The number of nitrogens with one attached hydrogen (secondary N) is 1. The average Bonchev–Trinajstić information content (AvgIpc) is 2.47. The Morgan fingerprint density at radius 1 is 1.38 bits per heavy atom. The highest BCUT2D eigenvalue weighted by molar-refractivity contribution is 5.81. The largest absolute Gasteiger partial charge is 0.479 e. The van der Waals surface area contributed by atoms with E-state index in [4.69, 9.17) is 14.7 Å². The van der Waals surface area contributed by atoms with E-state index in [9.17, 15) is 14.0 Å². The van der Waals surface area contributed by atoms with Crippen LogP contribution in [0.25, 0.3) is 0 Å². The summed E-state index contributed by atoms with van der Waals surface area (Å²) in [4.78, 5) is 22.9. The Kier molecular flexibility index (Phi) is 6.68. The van der Waals surface area contributed by atoms with Gasteiger partial charge < -0.3 is 14.8 Å². The lowest BCUT2D eigenvalue weighted by molar-refractivity contribution is -0.154. The summed E-state index contributed by atoms with van der Waals surface area (Å²) in [6.45, 7) is 1.22. The van der Waals surface area contributed by atoms with E-state index in [1.165, 1.54) is 31.2 Å². The molecule has 1 atom stereocenters. The fraction of sp³-hybridized carbons (Fsp3) is 0.357. The van der Waals surface area contributed by atoms with Crippen molar-refractivity contribution in [2.24, 2.45) is 0 Å². The van der Waals surface area contributed by atoms with E-state index < -0.39 is 30.4 Å². The highest BCUT2D eigenvalue weighted by Gasteiger charge is 2.17. The molecule has 1 aromatic carbocycles. The van der Waals surface area contributed by atoms with Gasteiger partial charge in [-0.2, -0.15) is 5.26 Å². The Morgan fingerprint density at radius 3 is 2.67 bits per heavy atom. The van der Waals surface area contributed by atoms with Crippen LogP contribution in [0, 0.1) is 17.1 Å². The summed E-state index contributed by atoms with van der Waals surface area (Å²) in [6, 6.07) is 7.04. The molecule has 1 rings (SSSR count). The van der Waals surface area contributed by atoms with Crippen molar-refractivity contribution in [2.45, 2.75) is 19.4 Å². The van der Waals surface area contributed by atoms with E-state index in [1.54, 1.807) is 0 Å². The molecule has 0 saturated heterocycles. The van der Waals surface area contributed by atoms with Gasteiger partial charge in [0.1, 0.15) is 11.6 Å². The molecule has 0 unspecified atom stereocenters. The molecule has 1 aromatic rings. The van der Waals surface area contributed by atoms with Crippen molar-refractivity contribution in [3.63, 3.8) is 0 Å². The number of hydrogen-bond acceptors (Lipinski definition) is 5. The van der Waals surface area contributed by atoms with Gasteiger partial charge in [-0.05, 0) is 31.2 Å². The minimum Gasteiger partial charge on any atom is -0.479 e. The smallest absolute Gasteiger partial charge is 0.347 e. The van der Waals surface area contributed by atoms with Crippen LogP contribution in [0.1, 0.15) is 13.3 Å². The van der Waals surface area contributed by atoms with Gasteiger partial charge in [0.15, 0.2) is 12.7 Å². The number of esters is 1. The number of nitrogens with zero attached hydrogens (tertiary/aromatic N) is 1. The lowest BCUT2D eigenvalue weighted by Crippen LogP contribution is -2.33. The van der Waals surface area contributed by atoms with Crippen LogP contribution in [0.15, 0.2) is 24.3 Å². The number of carbonyl (C=O) groups is 2. The van der Waals surface area contributed by atoms with Crippen LogP contribution in [0.4, 0.5) is 4.39 Å². The van der Waals surface area contributed by atoms with Crippen LogP contribution in [-0.2, 0) is 14.3 Å². The highest BCUT2D eigenvalue weighted by Crippen LogP contribution is 2.13. The maximum Gasteiger partial charge on any atom is 0.347 e. The topological polar surface area (TPSA) is 88.4 Å². The molecule has 0 aliphatic rings.